The number of benzene rings is 2. The Hall–Kier alpha value is -2.42. The molecule has 0 radical (unpaired) electrons. The molecule has 1 atom stereocenters. The molecule has 0 spiro atoms. The molecule has 0 bridgehead atoms. The molecule has 0 aliphatic heterocycles. The van der Waals surface area contributed by atoms with Gasteiger partial charge in [-0.05, 0) is 24.1 Å². The Kier molecular flexibility index (Phi) is 6.01. The van der Waals surface area contributed by atoms with Crippen LogP contribution in [0.5, 0.6) is 5.75 Å². The number of primary amides is 1. The van der Waals surface area contributed by atoms with E-state index in [0.29, 0.717) is 5.75 Å². The zero-order chi connectivity index (χ0) is 19.4. The quantitative estimate of drug-likeness (QED) is 0.534. The minimum atomic E-state index is -3.87. The molecule has 26 heavy (non-hydrogen) atoms. The van der Waals surface area contributed by atoms with Crippen LogP contribution in [0.1, 0.15) is 12.5 Å². The first-order chi connectivity index (χ1) is 12.1. The van der Waals surface area contributed by atoms with Crippen LogP contribution < -0.4 is 15.8 Å². The molecule has 7 nitrogen and oxygen atoms in total. The Morgan fingerprint density at radius 3 is 2.38 bits per heavy atom. The predicted octanol–water partition coefficient (Wildman–Crippen LogP) is 1.63. The van der Waals surface area contributed by atoms with Gasteiger partial charge in [0.05, 0.1) is 13.4 Å². The molecule has 2 aromatic carbocycles. The van der Waals surface area contributed by atoms with Gasteiger partial charge in [-0.3, -0.25) is 10.1 Å². The number of ether oxygens (including phenoxy) is 1. The van der Waals surface area contributed by atoms with Crippen molar-refractivity contribution in [3.8, 4) is 16.9 Å². The molecule has 0 fully saturated rings. The summed E-state index contributed by atoms with van der Waals surface area (Å²) in [5, 5.41) is 2.75. The van der Waals surface area contributed by atoms with Crippen LogP contribution in [-0.4, -0.2) is 33.4 Å². The van der Waals surface area contributed by atoms with Crippen LogP contribution in [-0.2, 0) is 25.6 Å². The van der Waals surface area contributed by atoms with Crippen LogP contribution in [0.3, 0.4) is 0 Å². The van der Waals surface area contributed by atoms with E-state index < -0.39 is 21.8 Å². The molecule has 0 aromatic heterocycles. The lowest BCUT2D eigenvalue weighted by Gasteiger charge is -2.26. The van der Waals surface area contributed by atoms with Crippen molar-refractivity contribution in [2.24, 2.45) is 5.73 Å². The summed E-state index contributed by atoms with van der Waals surface area (Å²) >= 11 is 0. The zero-order valence-electron chi connectivity index (χ0n) is 14.9. The number of carbonyl (C=O) groups is 1. The maximum Gasteiger partial charge on any atom is 0.266 e. The fourth-order valence-corrected chi connectivity index (χ4v) is 3.18. The topological polar surface area (TPSA) is 108 Å². The first-order valence-corrected chi connectivity index (χ1v) is 9.64. The summed E-state index contributed by atoms with van der Waals surface area (Å²) in [4.78, 5) is 11.6. The van der Waals surface area contributed by atoms with Crippen molar-refractivity contribution in [1.82, 2.24) is 5.32 Å². The van der Waals surface area contributed by atoms with E-state index in [2.05, 4.69) is 5.32 Å². The van der Waals surface area contributed by atoms with Gasteiger partial charge in [-0.1, -0.05) is 42.5 Å². The summed E-state index contributed by atoms with van der Waals surface area (Å²) in [6.45, 7) is 1.42. The van der Waals surface area contributed by atoms with Gasteiger partial charge in [0.1, 0.15) is 5.75 Å². The van der Waals surface area contributed by atoms with Crippen molar-refractivity contribution in [2.75, 3.05) is 13.4 Å². The molecule has 0 saturated carbocycles. The van der Waals surface area contributed by atoms with E-state index in [1.807, 2.05) is 42.5 Å². The third-order valence-corrected chi connectivity index (χ3v) is 4.40. The lowest BCUT2D eigenvalue weighted by Crippen LogP contribution is -2.55. The highest BCUT2D eigenvalue weighted by molar-refractivity contribution is 7.86. The van der Waals surface area contributed by atoms with E-state index in [1.165, 1.54) is 6.92 Å². The van der Waals surface area contributed by atoms with E-state index in [4.69, 9.17) is 14.7 Å². The average Bonchev–Trinajstić information content (AvgIpc) is 2.59. The number of amides is 1. The molecule has 0 heterocycles. The Balaban J connectivity index is 2.23. The second-order valence-corrected chi connectivity index (χ2v) is 7.51. The fourth-order valence-electron chi connectivity index (χ4n) is 2.43. The van der Waals surface area contributed by atoms with Crippen molar-refractivity contribution < 1.29 is 22.1 Å². The lowest BCUT2D eigenvalue weighted by atomic mass is 10.0. The number of rotatable bonds is 8. The number of methoxy groups -OCH3 is 1. The van der Waals surface area contributed by atoms with Crippen LogP contribution in [0, 0.1) is 0 Å². The van der Waals surface area contributed by atoms with Crippen LogP contribution in [0.4, 0.5) is 0 Å². The summed E-state index contributed by atoms with van der Waals surface area (Å²) in [6, 6.07) is 15.3. The zero-order valence-corrected chi connectivity index (χ0v) is 15.7. The maximum atomic E-state index is 11.6. The first-order valence-electron chi connectivity index (χ1n) is 7.82. The van der Waals surface area contributed by atoms with Gasteiger partial charge in [0.25, 0.3) is 16.0 Å². The van der Waals surface area contributed by atoms with Gasteiger partial charge < -0.3 is 10.5 Å². The molecule has 8 heteroatoms. The van der Waals surface area contributed by atoms with Crippen molar-refractivity contribution >= 4 is 16.0 Å². The summed E-state index contributed by atoms with van der Waals surface area (Å²) in [5.41, 5.74) is 6.13. The average molecular weight is 378 g/mol. The number of carbonyl (C=O) groups excluding carboxylic acids is 1. The molecular formula is C18H22N2O5S. The van der Waals surface area contributed by atoms with Gasteiger partial charge in [-0.15, -0.1) is 0 Å². The third kappa shape index (κ3) is 5.04. The van der Waals surface area contributed by atoms with Crippen LogP contribution >= 0.6 is 0 Å². The van der Waals surface area contributed by atoms with Gasteiger partial charge in [-0.2, -0.15) is 8.42 Å². The molecule has 0 aliphatic rings. The van der Waals surface area contributed by atoms with Crippen molar-refractivity contribution in [3.05, 3.63) is 54.1 Å². The standard InChI is InChI=1S/C18H22N2O5S/c1-18(17(19)21,25-26(3,22)23)20-12-13-9-10-15(16(11-13)24-2)14-7-5-4-6-8-14/h4-11,20H,12H2,1-3H3,(H2,19,21)/t18-/m0/s1. The summed E-state index contributed by atoms with van der Waals surface area (Å²) in [5.74, 6) is -0.281. The molecule has 140 valence electrons. The van der Waals surface area contributed by atoms with Crippen molar-refractivity contribution in [3.63, 3.8) is 0 Å². The van der Waals surface area contributed by atoms with Crippen molar-refractivity contribution in [1.29, 1.82) is 0 Å². The smallest absolute Gasteiger partial charge is 0.266 e. The highest BCUT2D eigenvalue weighted by Gasteiger charge is 2.35. The van der Waals surface area contributed by atoms with Gasteiger partial charge in [0.2, 0.25) is 5.72 Å². The van der Waals surface area contributed by atoms with Crippen molar-refractivity contribution in [2.45, 2.75) is 19.2 Å². The van der Waals surface area contributed by atoms with Crippen LogP contribution in [0.15, 0.2) is 48.5 Å². The molecule has 2 rings (SSSR count). The van der Waals surface area contributed by atoms with Gasteiger partial charge in [0.15, 0.2) is 0 Å². The summed E-state index contributed by atoms with van der Waals surface area (Å²) < 4.78 is 33.0. The number of nitrogens with one attached hydrogen (secondary N) is 1. The number of hydrogen-bond acceptors (Lipinski definition) is 6. The lowest BCUT2D eigenvalue weighted by molar-refractivity contribution is -0.134. The molecule has 0 saturated heterocycles. The van der Waals surface area contributed by atoms with E-state index in [0.717, 1.165) is 22.9 Å². The van der Waals surface area contributed by atoms with Crippen LogP contribution in [0.25, 0.3) is 11.1 Å². The molecule has 1 amide bonds. The molecule has 0 aliphatic carbocycles. The Bertz CT molecular complexity index is 884. The molecular weight excluding hydrogens is 356 g/mol. The largest absolute Gasteiger partial charge is 0.496 e. The second kappa shape index (κ2) is 7.86. The molecule has 0 unspecified atom stereocenters. The molecule has 2 aromatic rings. The SMILES string of the molecule is COc1cc(CN[C@@](C)(OS(C)(=O)=O)C(N)=O)ccc1-c1ccccc1. The van der Waals surface area contributed by atoms with Gasteiger partial charge >= 0.3 is 0 Å². The van der Waals surface area contributed by atoms with Gasteiger partial charge in [-0.25, -0.2) is 4.18 Å². The van der Waals surface area contributed by atoms with E-state index in [9.17, 15) is 13.2 Å². The predicted molar refractivity (Wildman–Crippen MR) is 98.8 cm³/mol. The second-order valence-electron chi connectivity index (χ2n) is 5.94. The summed E-state index contributed by atoms with van der Waals surface area (Å²) in [7, 11) is -2.31. The minimum absolute atomic E-state index is 0.153. The highest BCUT2D eigenvalue weighted by atomic mass is 32.2. The van der Waals surface area contributed by atoms with Gasteiger partial charge in [0, 0.05) is 12.1 Å². The van der Waals surface area contributed by atoms with Crippen LogP contribution in [0.2, 0.25) is 0 Å². The third-order valence-electron chi connectivity index (χ3n) is 3.77. The summed E-state index contributed by atoms with van der Waals surface area (Å²) in [6.07, 6.45) is 0.855. The normalized spacial score (nSPS) is 13.8. The minimum Gasteiger partial charge on any atom is -0.496 e. The Morgan fingerprint density at radius 2 is 1.85 bits per heavy atom. The Labute approximate surface area is 153 Å². The number of hydrogen-bond donors (Lipinski definition) is 2. The molecule has 3 N–H and O–H groups in total. The first kappa shape index (κ1) is 19.9. The highest BCUT2D eigenvalue weighted by Crippen LogP contribution is 2.30. The monoisotopic (exact) mass is 378 g/mol. The van der Waals surface area contributed by atoms with E-state index in [1.54, 1.807) is 13.2 Å². The maximum absolute atomic E-state index is 11.6. The van der Waals surface area contributed by atoms with E-state index >= 15 is 0 Å². The fraction of sp³-hybridized carbons (Fsp3) is 0.278. The number of nitrogens with two attached hydrogens (primary N) is 1. The Morgan fingerprint density at radius 1 is 1.19 bits per heavy atom. The van der Waals surface area contributed by atoms with E-state index in [-0.39, 0.29) is 6.54 Å².